The first-order valence-electron chi connectivity index (χ1n) is 20.7. The van der Waals surface area contributed by atoms with E-state index in [4.69, 9.17) is 4.74 Å². The highest BCUT2D eigenvalue weighted by molar-refractivity contribution is 8.14. The number of rotatable bonds is 4. The summed E-state index contributed by atoms with van der Waals surface area (Å²) >= 11 is 1.32. The van der Waals surface area contributed by atoms with Crippen LogP contribution in [0.15, 0.2) is 16.8 Å². The monoisotopic (exact) mass is 862 g/mol. The molecule has 2 fully saturated rings. The Kier molecular flexibility index (Phi) is 16.7. The van der Waals surface area contributed by atoms with E-state index in [1.807, 2.05) is 20.8 Å². The molecule has 0 aromatic heterocycles. The fraction of sp³-hybridized carbons (Fsp3) is 0.725. The average Bonchev–Trinajstić information content (AvgIpc) is 3.68. The molecule has 10 unspecified atom stereocenters. The Bertz CT molecular complexity index is 1740. The number of esters is 1. The van der Waals surface area contributed by atoms with Gasteiger partial charge in [0.05, 0.1) is 17.2 Å². The highest BCUT2D eigenvalue weighted by Gasteiger charge is 2.47. The summed E-state index contributed by atoms with van der Waals surface area (Å²) in [6.45, 7) is 12.5. The third-order valence-electron chi connectivity index (χ3n) is 11.2. The van der Waals surface area contributed by atoms with Crippen LogP contribution in [0.2, 0.25) is 0 Å². The minimum atomic E-state index is -1.91. The first-order valence-corrected chi connectivity index (χ1v) is 21.7. The number of ether oxygens (including phenoxy) is 1. The van der Waals surface area contributed by atoms with Gasteiger partial charge in [0.15, 0.2) is 6.10 Å². The van der Waals surface area contributed by atoms with Crippen LogP contribution in [0.25, 0.3) is 0 Å². The molecular formula is C40H62N8O11S. The quantitative estimate of drug-likeness (QED) is 0.150. The number of amides is 7. The van der Waals surface area contributed by atoms with Gasteiger partial charge in [-0.3, -0.25) is 38.6 Å². The molecule has 0 spiro atoms. The van der Waals surface area contributed by atoms with Gasteiger partial charge < -0.3 is 50.9 Å². The van der Waals surface area contributed by atoms with Crippen LogP contribution in [0.5, 0.6) is 0 Å². The number of carbonyl (C=O) groups excluding carboxylic acids is 8. The van der Waals surface area contributed by atoms with Gasteiger partial charge in [-0.15, -0.1) is 11.8 Å². The van der Waals surface area contributed by atoms with Crippen molar-refractivity contribution in [2.45, 2.75) is 148 Å². The third-order valence-corrected chi connectivity index (χ3v) is 12.3. The molecule has 0 saturated carbocycles. The number of nitrogens with zero attached hydrogens (tertiary/aromatic N) is 4. The topological polar surface area (TPSA) is 256 Å². The molecule has 4 aliphatic heterocycles. The number of fused-ring (bicyclic) bond motifs is 4. The maximum atomic E-state index is 14.1. The molecule has 60 heavy (non-hydrogen) atoms. The van der Waals surface area contributed by atoms with Gasteiger partial charge in [-0.2, -0.15) is 0 Å². The first kappa shape index (κ1) is 48.1. The van der Waals surface area contributed by atoms with Crippen molar-refractivity contribution < 1.29 is 53.3 Å². The molecule has 6 N–H and O–H groups in total. The molecule has 10 atom stereocenters. The van der Waals surface area contributed by atoms with E-state index in [-0.39, 0.29) is 48.7 Å². The molecular weight excluding hydrogens is 801 g/mol. The van der Waals surface area contributed by atoms with Gasteiger partial charge in [0, 0.05) is 25.4 Å². The predicted octanol–water partition coefficient (Wildman–Crippen LogP) is -0.807. The number of hydrogen-bond acceptors (Lipinski definition) is 13. The summed E-state index contributed by atoms with van der Waals surface area (Å²) < 4.78 is 5.29. The summed E-state index contributed by atoms with van der Waals surface area (Å²) in [5, 5.41) is 32.3. The van der Waals surface area contributed by atoms with E-state index in [9.17, 15) is 48.6 Å². The number of aliphatic imine (C=N–C) groups is 1. The van der Waals surface area contributed by atoms with Gasteiger partial charge in [0.25, 0.3) is 11.8 Å². The normalized spacial score (nSPS) is 32.5. The van der Waals surface area contributed by atoms with E-state index in [1.165, 1.54) is 43.6 Å². The molecule has 0 radical (unpaired) electrons. The van der Waals surface area contributed by atoms with Crippen molar-refractivity contribution in [2.24, 2.45) is 16.8 Å². The summed E-state index contributed by atoms with van der Waals surface area (Å²) in [5.41, 5.74) is -0.0699. The van der Waals surface area contributed by atoms with Crippen molar-refractivity contribution in [3.63, 3.8) is 0 Å². The van der Waals surface area contributed by atoms with Crippen molar-refractivity contribution in [1.29, 1.82) is 0 Å². The molecule has 0 aromatic rings. The van der Waals surface area contributed by atoms with E-state index in [0.717, 1.165) is 4.90 Å². The Morgan fingerprint density at radius 1 is 0.900 bits per heavy atom. The van der Waals surface area contributed by atoms with E-state index in [2.05, 4.69) is 26.3 Å². The summed E-state index contributed by atoms with van der Waals surface area (Å²) in [6.07, 6.45) is 0.297. The number of cyclic esters (lactones) is 1. The molecule has 334 valence electrons. The zero-order valence-electron chi connectivity index (χ0n) is 35.9. The number of likely N-dealkylation sites (N-methyl/N-ethyl adjacent to an activating group) is 1. The van der Waals surface area contributed by atoms with Crippen molar-refractivity contribution in [3.05, 3.63) is 11.8 Å². The fourth-order valence-electron chi connectivity index (χ4n) is 7.83. The van der Waals surface area contributed by atoms with Crippen LogP contribution >= 0.6 is 11.8 Å². The number of piperidine rings is 1. The maximum absolute atomic E-state index is 14.1. The number of allylic oxidation sites excluding steroid dienone is 1. The molecule has 2 bridgehead atoms. The lowest BCUT2D eigenvalue weighted by Gasteiger charge is -2.48. The highest BCUT2D eigenvalue weighted by Crippen LogP contribution is 2.35. The lowest BCUT2D eigenvalue weighted by Crippen LogP contribution is -2.65. The lowest BCUT2D eigenvalue weighted by atomic mass is 9.91. The second-order valence-corrected chi connectivity index (χ2v) is 17.8. The minimum absolute atomic E-state index is 0.0176. The van der Waals surface area contributed by atoms with Crippen molar-refractivity contribution in [2.75, 3.05) is 26.0 Å². The van der Waals surface area contributed by atoms with Crippen LogP contribution in [0.3, 0.4) is 0 Å². The number of thioether (sulfide) groups is 1. The molecule has 4 heterocycles. The van der Waals surface area contributed by atoms with Gasteiger partial charge in [0.2, 0.25) is 29.5 Å². The Hall–Kier alpha value is -4.56. The zero-order valence-corrected chi connectivity index (χ0v) is 36.7. The second-order valence-electron chi connectivity index (χ2n) is 16.8. The van der Waals surface area contributed by atoms with Gasteiger partial charge in [-0.1, -0.05) is 33.8 Å². The molecule has 0 aliphatic carbocycles. The second kappa shape index (κ2) is 20.8. The van der Waals surface area contributed by atoms with E-state index in [1.54, 1.807) is 25.7 Å². The Balaban J connectivity index is 1.68. The van der Waals surface area contributed by atoms with Crippen LogP contribution in [-0.2, 0) is 43.1 Å². The molecule has 4 aliphatic rings. The average molecular weight is 863 g/mol. The molecule has 4 rings (SSSR count). The smallest absolute Gasteiger partial charge is 0.329 e. The highest BCUT2D eigenvalue weighted by atomic mass is 32.2. The van der Waals surface area contributed by atoms with Crippen molar-refractivity contribution >= 4 is 64.1 Å². The first-order chi connectivity index (χ1) is 28.2. The SMILES string of the molecule is CC=C1NC(=O)C2CSC(=N2)C2CC(C)N2C(=O)C(CC(C)C)NC(=O)C(C)NC(=O)C(O)COC(=O)C(C(C)C)N(C)C(=O)C(C(C)O)NC(=O)C2CCCCN2C1=O. The largest absolute Gasteiger partial charge is 0.461 e. The summed E-state index contributed by atoms with van der Waals surface area (Å²) in [6, 6.07) is -7.64. The summed E-state index contributed by atoms with van der Waals surface area (Å²) in [5.74, 6) is -6.17. The Morgan fingerprint density at radius 3 is 2.18 bits per heavy atom. The van der Waals surface area contributed by atoms with Crippen LogP contribution < -0.4 is 21.3 Å². The lowest BCUT2D eigenvalue weighted by molar-refractivity contribution is -0.161. The maximum Gasteiger partial charge on any atom is 0.329 e. The standard InChI is InChI=1S/C40H62N8O11S/c1-10-24-37(55)47-14-12-11-13-27(47)34(53)45-30(23(8)49)39(57)46(9)31(20(4)5)40(58)59-17-29(50)35(54)41-22(7)32(51)43-25(15-19(2)3)38(56)48-21(6)16-28(48)36-44-26(18-60-36)33(52)42-24/h10,19-23,25-31,49-50H,11-18H2,1-9H3,(H,41,54)(H,42,52)(H,43,51)(H,45,53). The number of hydrogen-bond donors (Lipinski definition) is 6. The Morgan fingerprint density at radius 2 is 1.58 bits per heavy atom. The summed E-state index contributed by atoms with van der Waals surface area (Å²) in [4.78, 5) is 118. The van der Waals surface area contributed by atoms with Gasteiger partial charge in [-0.05, 0) is 71.6 Å². The third kappa shape index (κ3) is 11.2. The van der Waals surface area contributed by atoms with E-state index >= 15 is 0 Å². The molecule has 7 amide bonds. The minimum Gasteiger partial charge on any atom is -0.461 e. The van der Waals surface area contributed by atoms with E-state index in [0.29, 0.717) is 24.3 Å². The van der Waals surface area contributed by atoms with Gasteiger partial charge >= 0.3 is 5.97 Å². The fourth-order valence-corrected chi connectivity index (χ4v) is 8.98. The van der Waals surface area contributed by atoms with Crippen molar-refractivity contribution in [1.82, 2.24) is 36.0 Å². The zero-order chi connectivity index (χ0) is 44.7. The van der Waals surface area contributed by atoms with Crippen LogP contribution in [0.4, 0.5) is 0 Å². The van der Waals surface area contributed by atoms with Crippen LogP contribution in [0.1, 0.15) is 87.5 Å². The summed E-state index contributed by atoms with van der Waals surface area (Å²) in [7, 11) is 1.28. The molecule has 19 nitrogen and oxygen atoms in total. The van der Waals surface area contributed by atoms with Crippen molar-refractivity contribution in [3.8, 4) is 0 Å². The molecule has 20 heteroatoms. The Labute approximate surface area is 355 Å². The predicted molar refractivity (Wildman–Crippen MR) is 221 cm³/mol. The number of aliphatic hydroxyl groups is 2. The molecule has 0 aromatic carbocycles. The van der Waals surface area contributed by atoms with Gasteiger partial charge in [0.1, 0.15) is 48.6 Å². The van der Waals surface area contributed by atoms with Crippen LogP contribution in [-0.4, -0.2) is 164 Å². The van der Waals surface area contributed by atoms with Crippen LogP contribution in [0, 0.1) is 11.8 Å². The number of carbonyl (C=O) groups is 8. The number of nitrogens with one attached hydrogen (secondary N) is 4. The molecule has 2 saturated heterocycles. The van der Waals surface area contributed by atoms with E-state index < -0.39 is 108 Å². The number of aliphatic hydroxyl groups excluding tert-OH is 2. The van der Waals surface area contributed by atoms with Gasteiger partial charge in [-0.25, -0.2) is 4.79 Å².